The van der Waals surface area contributed by atoms with E-state index in [1.165, 1.54) is 33.6 Å². The van der Waals surface area contributed by atoms with Gasteiger partial charge in [-0.3, -0.25) is 0 Å². The molecule has 0 fully saturated rings. The molecule has 30 heavy (non-hydrogen) atoms. The van der Waals surface area contributed by atoms with E-state index in [4.69, 9.17) is 4.74 Å². The third-order valence-electron chi connectivity index (χ3n) is 6.70. The lowest BCUT2D eigenvalue weighted by atomic mass is 9.92. The number of nitrogens with one attached hydrogen (secondary N) is 2. The second-order valence-electron chi connectivity index (χ2n) is 8.55. The summed E-state index contributed by atoms with van der Waals surface area (Å²) in [5, 5.41) is 7.29. The van der Waals surface area contributed by atoms with E-state index in [0.29, 0.717) is 6.04 Å². The quantitative estimate of drug-likeness (QED) is 0.627. The molecular formula is C26H27N3O. The number of rotatable bonds is 2. The normalized spacial score (nSPS) is 19.5. The Morgan fingerprint density at radius 2 is 1.80 bits per heavy atom. The number of anilines is 3. The number of nitrogens with zero attached hydrogens (tertiary/aromatic N) is 1. The van der Waals surface area contributed by atoms with Crippen LogP contribution in [0.1, 0.15) is 34.7 Å². The molecule has 0 aliphatic carbocycles. The number of hydrogen-bond acceptors (Lipinski definition) is 4. The van der Waals surface area contributed by atoms with E-state index in [-0.39, 0.29) is 0 Å². The summed E-state index contributed by atoms with van der Waals surface area (Å²) in [4.78, 5) is 2.51. The Hall–Kier alpha value is -3.14. The van der Waals surface area contributed by atoms with Crippen molar-refractivity contribution in [2.24, 2.45) is 0 Å². The molecule has 3 aliphatic heterocycles. The molecule has 0 saturated carbocycles. The van der Waals surface area contributed by atoms with Crippen LogP contribution in [-0.2, 0) is 19.4 Å². The van der Waals surface area contributed by atoms with Gasteiger partial charge >= 0.3 is 0 Å². The standard InChI is InChI=1S/C26H27N3O/c1-2-4-21-17-29(13-11-18(21)3-1)22-8-5-19-6-9-23(28-24(19)16-22)20-7-10-26-25(15-20)27-12-14-30-26/h1-5,7-8,10,15-16,23,27-28H,6,9,11-14,17H2. The highest BCUT2D eigenvalue weighted by atomic mass is 16.5. The lowest BCUT2D eigenvalue weighted by molar-refractivity contribution is 0.323. The minimum atomic E-state index is 0.337. The maximum absolute atomic E-state index is 5.74. The smallest absolute Gasteiger partial charge is 0.142 e. The molecule has 4 heteroatoms. The van der Waals surface area contributed by atoms with Crippen molar-refractivity contribution < 1.29 is 4.74 Å². The van der Waals surface area contributed by atoms with Gasteiger partial charge < -0.3 is 20.3 Å². The van der Waals surface area contributed by atoms with Crippen LogP contribution >= 0.6 is 0 Å². The Kier molecular flexibility index (Phi) is 4.29. The summed E-state index contributed by atoms with van der Waals surface area (Å²) < 4.78 is 5.74. The highest BCUT2D eigenvalue weighted by molar-refractivity contribution is 5.66. The summed E-state index contributed by atoms with van der Waals surface area (Å²) in [6, 6.07) is 22.7. The van der Waals surface area contributed by atoms with Gasteiger partial charge in [-0.15, -0.1) is 0 Å². The van der Waals surface area contributed by atoms with Crippen LogP contribution in [0.15, 0.2) is 60.7 Å². The van der Waals surface area contributed by atoms with Crippen LogP contribution in [-0.4, -0.2) is 19.7 Å². The maximum Gasteiger partial charge on any atom is 0.142 e. The molecule has 2 N–H and O–H groups in total. The van der Waals surface area contributed by atoms with E-state index in [0.717, 1.165) is 56.9 Å². The van der Waals surface area contributed by atoms with E-state index >= 15 is 0 Å². The molecule has 0 amide bonds. The van der Waals surface area contributed by atoms with Gasteiger partial charge in [-0.25, -0.2) is 0 Å². The molecule has 0 aromatic heterocycles. The van der Waals surface area contributed by atoms with Crippen molar-refractivity contribution in [1.29, 1.82) is 0 Å². The topological polar surface area (TPSA) is 36.5 Å². The summed E-state index contributed by atoms with van der Waals surface area (Å²) in [6.07, 6.45) is 3.34. The molecule has 1 atom stereocenters. The van der Waals surface area contributed by atoms with Crippen molar-refractivity contribution in [3.05, 3.63) is 82.9 Å². The number of aryl methyl sites for hydroxylation is 1. The number of ether oxygens (including phenoxy) is 1. The van der Waals surface area contributed by atoms with Gasteiger partial charge in [0, 0.05) is 31.0 Å². The molecule has 0 radical (unpaired) electrons. The third-order valence-corrected chi connectivity index (χ3v) is 6.70. The first-order valence-electron chi connectivity index (χ1n) is 11.1. The largest absolute Gasteiger partial charge is 0.490 e. The lowest BCUT2D eigenvalue weighted by Gasteiger charge is -2.33. The fourth-order valence-corrected chi connectivity index (χ4v) is 5.01. The van der Waals surface area contributed by atoms with Gasteiger partial charge in [-0.2, -0.15) is 0 Å². The molecule has 3 aromatic carbocycles. The lowest BCUT2D eigenvalue weighted by Crippen LogP contribution is -2.30. The zero-order valence-electron chi connectivity index (χ0n) is 17.2. The summed E-state index contributed by atoms with van der Waals surface area (Å²) in [6.45, 7) is 3.69. The Balaban J connectivity index is 1.24. The van der Waals surface area contributed by atoms with Crippen LogP contribution in [0.2, 0.25) is 0 Å². The molecule has 0 spiro atoms. The van der Waals surface area contributed by atoms with E-state index in [9.17, 15) is 0 Å². The fourth-order valence-electron chi connectivity index (χ4n) is 5.01. The minimum absolute atomic E-state index is 0.337. The zero-order valence-corrected chi connectivity index (χ0v) is 17.2. The third kappa shape index (κ3) is 3.17. The van der Waals surface area contributed by atoms with E-state index in [1.807, 2.05) is 0 Å². The number of fused-ring (bicyclic) bond motifs is 3. The Labute approximate surface area is 177 Å². The van der Waals surface area contributed by atoms with Gasteiger partial charge in [0.1, 0.15) is 12.4 Å². The summed E-state index contributed by atoms with van der Waals surface area (Å²) >= 11 is 0. The average molecular weight is 398 g/mol. The Morgan fingerprint density at radius 1 is 0.867 bits per heavy atom. The maximum atomic E-state index is 5.74. The van der Waals surface area contributed by atoms with Crippen molar-refractivity contribution in [2.45, 2.75) is 31.8 Å². The molecule has 0 saturated heterocycles. The van der Waals surface area contributed by atoms with E-state index < -0.39 is 0 Å². The van der Waals surface area contributed by atoms with Gasteiger partial charge in [-0.05, 0) is 65.8 Å². The van der Waals surface area contributed by atoms with Gasteiger partial charge in [0.2, 0.25) is 0 Å². The van der Waals surface area contributed by atoms with Crippen molar-refractivity contribution in [3.8, 4) is 5.75 Å². The predicted molar refractivity (Wildman–Crippen MR) is 123 cm³/mol. The Bertz CT molecular complexity index is 1090. The second kappa shape index (κ2) is 7.28. The van der Waals surface area contributed by atoms with E-state index in [1.54, 1.807) is 0 Å². The highest BCUT2D eigenvalue weighted by Gasteiger charge is 2.23. The van der Waals surface area contributed by atoms with Crippen LogP contribution in [0.5, 0.6) is 5.75 Å². The highest BCUT2D eigenvalue weighted by Crippen LogP contribution is 2.38. The van der Waals surface area contributed by atoms with Gasteiger partial charge in [0.05, 0.1) is 11.7 Å². The fraction of sp³-hybridized carbons (Fsp3) is 0.308. The predicted octanol–water partition coefficient (Wildman–Crippen LogP) is 5.15. The summed E-state index contributed by atoms with van der Waals surface area (Å²) in [5.74, 6) is 0.967. The summed E-state index contributed by atoms with van der Waals surface area (Å²) in [5.41, 5.74) is 9.42. The molecule has 4 nitrogen and oxygen atoms in total. The zero-order chi connectivity index (χ0) is 19.9. The van der Waals surface area contributed by atoms with Crippen molar-refractivity contribution in [2.75, 3.05) is 35.2 Å². The first-order chi connectivity index (χ1) is 14.8. The molecule has 6 rings (SSSR count). The van der Waals surface area contributed by atoms with Crippen LogP contribution < -0.4 is 20.3 Å². The number of hydrogen-bond donors (Lipinski definition) is 2. The van der Waals surface area contributed by atoms with Crippen LogP contribution in [0.3, 0.4) is 0 Å². The monoisotopic (exact) mass is 397 g/mol. The van der Waals surface area contributed by atoms with Gasteiger partial charge in [-0.1, -0.05) is 36.4 Å². The minimum Gasteiger partial charge on any atom is -0.490 e. The average Bonchev–Trinajstić information content (AvgIpc) is 2.82. The van der Waals surface area contributed by atoms with Crippen molar-refractivity contribution in [3.63, 3.8) is 0 Å². The first kappa shape index (κ1) is 17.7. The van der Waals surface area contributed by atoms with E-state index in [2.05, 4.69) is 76.2 Å². The molecule has 3 aliphatic rings. The number of benzene rings is 3. The summed E-state index contributed by atoms with van der Waals surface area (Å²) in [7, 11) is 0. The van der Waals surface area contributed by atoms with Crippen LogP contribution in [0.25, 0.3) is 0 Å². The van der Waals surface area contributed by atoms with Crippen molar-refractivity contribution >= 4 is 17.1 Å². The SMILES string of the molecule is c1ccc2c(c1)CCN(c1ccc3c(c1)NC(c1ccc4c(c1)NCCO4)CC3)C2. The molecule has 152 valence electrons. The molecule has 3 aromatic rings. The molecule has 0 bridgehead atoms. The van der Waals surface area contributed by atoms with Crippen molar-refractivity contribution in [1.82, 2.24) is 0 Å². The Morgan fingerprint density at radius 3 is 2.77 bits per heavy atom. The first-order valence-corrected chi connectivity index (χ1v) is 11.1. The molecular weight excluding hydrogens is 370 g/mol. The second-order valence-corrected chi connectivity index (χ2v) is 8.55. The molecule has 1 unspecified atom stereocenters. The van der Waals surface area contributed by atoms with Crippen LogP contribution in [0.4, 0.5) is 17.1 Å². The van der Waals surface area contributed by atoms with Gasteiger partial charge in [0.15, 0.2) is 0 Å². The molecule has 3 heterocycles. The van der Waals surface area contributed by atoms with Crippen LogP contribution in [0, 0.1) is 0 Å². The van der Waals surface area contributed by atoms with Gasteiger partial charge in [0.25, 0.3) is 0 Å².